The Bertz CT molecular complexity index is 1200. The monoisotopic (exact) mass is 467 g/mol. The number of nitrogens with one attached hydrogen (secondary N) is 2. The molecule has 0 aliphatic carbocycles. The van der Waals surface area contributed by atoms with E-state index in [4.69, 9.17) is 13.9 Å². The lowest BCUT2D eigenvalue weighted by Gasteiger charge is -2.28. The summed E-state index contributed by atoms with van der Waals surface area (Å²) in [6.07, 6.45) is 0. The van der Waals surface area contributed by atoms with Crippen molar-refractivity contribution < 1.29 is 28.3 Å². The van der Waals surface area contributed by atoms with Gasteiger partial charge in [0.25, 0.3) is 0 Å². The van der Waals surface area contributed by atoms with Crippen LogP contribution in [0.1, 0.15) is 34.1 Å². The summed E-state index contributed by atoms with van der Waals surface area (Å²) in [5, 5.41) is 7.12. The average Bonchev–Trinajstić information content (AvgIpc) is 3.48. The molecule has 2 N–H and O–H groups in total. The number of carbonyl (C=O) groups excluding carboxylic acids is 3. The number of amides is 2. The van der Waals surface area contributed by atoms with E-state index in [0.717, 1.165) is 10.4 Å². The number of benzene rings is 1. The minimum Gasteiger partial charge on any atom is -0.463 e. The van der Waals surface area contributed by atoms with Crippen molar-refractivity contribution in [2.24, 2.45) is 0 Å². The predicted molar refractivity (Wildman–Crippen MR) is 119 cm³/mol. The van der Waals surface area contributed by atoms with Crippen LogP contribution in [0.5, 0.6) is 0 Å². The molecule has 1 atom stereocenters. The molecule has 0 fully saturated rings. The van der Waals surface area contributed by atoms with E-state index in [1.165, 1.54) is 11.3 Å². The van der Waals surface area contributed by atoms with E-state index in [-0.39, 0.29) is 30.2 Å². The van der Waals surface area contributed by atoms with Crippen LogP contribution < -0.4 is 10.6 Å². The van der Waals surface area contributed by atoms with Crippen molar-refractivity contribution in [3.63, 3.8) is 0 Å². The van der Waals surface area contributed by atoms with E-state index in [9.17, 15) is 14.4 Å². The molecule has 0 spiro atoms. The lowest BCUT2D eigenvalue weighted by atomic mass is 10.0. The third-order valence-electron chi connectivity index (χ3n) is 4.83. The number of carbonyl (C=O) groups is 3. The summed E-state index contributed by atoms with van der Waals surface area (Å²) in [5.41, 5.74) is 1.06. The second-order valence-corrected chi connectivity index (χ2v) is 8.00. The maximum Gasteiger partial charge on any atom is 0.361 e. The Balaban J connectivity index is 1.59. The molecular formula is C23H21N3O6S. The van der Waals surface area contributed by atoms with Gasteiger partial charge in [0.2, 0.25) is 5.89 Å². The third kappa shape index (κ3) is 4.80. The number of esters is 2. The minimum atomic E-state index is -0.741. The van der Waals surface area contributed by atoms with Crippen molar-refractivity contribution in [1.82, 2.24) is 15.6 Å². The number of ether oxygens (including phenoxy) is 2. The number of thiophene rings is 1. The number of nitrogens with zero attached hydrogens (tertiary/aromatic N) is 1. The Labute approximate surface area is 193 Å². The molecule has 4 rings (SSSR count). The Morgan fingerprint density at radius 2 is 1.91 bits per heavy atom. The summed E-state index contributed by atoms with van der Waals surface area (Å²) in [4.78, 5) is 42.7. The molecule has 33 heavy (non-hydrogen) atoms. The van der Waals surface area contributed by atoms with Gasteiger partial charge in [-0.05, 0) is 37.4 Å². The van der Waals surface area contributed by atoms with Gasteiger partial charge in [-0.25, -0.2) is 19.4 Å². The SMILES string of the molecule is CCOC(=O)C1=C(COC(=O)c2nc(-c3ccccc3)oc2C)NC(=O)N[C@@H]1c1cccs1. The Morgan fingerprint density at radius 1 is 1.12 bits per heavy atom. The lowest BCUT2D eigenvalue weighted by Crippen LogP contribution is -2.46. The van der Waals surface area contributed by atoms with Crippen molar-refractivity contribution in [3.05, 3.63) is 75.4 Å². The van der Waals surface area contributed by atoms with Gasteiger partial charge < -0.3 is 24.5 Å². The fraction of sp³-hybridized carbons (Fsp3) is 0.217. The van der Waals surface area contributed by atoms with Crippen LogP contribution in [0, 0.1) is 6.92 Å². The molecular weight excluding hydrogens is 446 g/mol. The topological polar surface area (TPSA) is 120 Å². The Hall–Kier alpha value is -3.92. The standard InChI is InChI=1S/C23H21N3O6S/c1-3-30-21(27)17-15(24-23(29)26-19(17)16-10-7-11-33-16)12-31-22(28)18-13(2)32-20(25-18)14-8-5-4-6-9-14/h4-11,19H,3,12H2,1-2H3,(H2,24,26,29)/t19-/m1/s1. The second kappa shape index (κ2) is 9.70. The molecule has 170 valence electrons. The number of rotatable bonds is 7. The van der Waals surface area contributed by atoms with Crippen LogP contribution in [0.3, 0.4) is 0 Å². The number of hydrogen-bond acceptors (Lipinski definition) is 8. The maximum absolute atomic E-state index is 12.7. The molecule has 2 aromatic heterocycles. The summed E-state index contributed by atoms with van der Waals surface area (Å²) < 4.78 is 16.2. The molecule has 1 aliphatic rings. The largest absolute Gasteiger partial charge is 0.463 e. The number of aromatic nitrogens is 1. The van der Waals surface area contributed by atoms with Gasteiger partial charge in [0.05, 0.1) is 23.9 Å². The molecule has 2 amide bonds. The highest BCUT2D eigenvalue weighted by atomic mass is 32.1. The zero-order valence-electron chi connectivity index (χ0n) is 17.9. The first-order chi connectivity index (χ1) is 16.0. The summed E-state index contributed by atoms with van der Waals surface area (Å²) in [7, 11) is 0. The Kier molecular flexibility index (Phi) is 6.55. The molecule has 0 saturated heterocycles. The lowest BCUT2D eigenvalue weighted by molar-refractivity contribution is -0.139. The smallest absolute Gasteiger partial charge is 0.361 e. The van der Waals surface area contributed by atoms with Gasteiger partial charge in [-0.1, -0.05) is 24.3 Å². The summed E-state index contributed by atoms with van der Waals surface area (Å²) in [6.45, 7) is 3.10. The summed E-state index contributed by atoms with van der Waals surface area (Å²) in [6, 6.07) is 11.5. The van der Waals surface area contributed by atoms with Gasteiger partial charge in [-0.3, -0.25) is 0 Å². The Morgan fingerprint density at radius 3 is 2.61 bits per heavy atom. The van der Waals surface area contributed by atoms with Gasteiger partial charge in [0.1, 0.15) is 12.4 Å². The van der Waals surface area contributed by atoms with Crippen molar-refractivity contribution in [2.45, 2.75) is 19.9 Å². The van der Waals surface area contributed by atoms with Crippen molar-refractivity contribution in [2.75, 3.05) is 13.2 Å². The highest BCUT2D eigenvalue weighted by Gasteiger charge is 2.35. The van der Waals surface area contributed by atoms with Crippen LogP contribution >= 0.6 is 11.3 Å². The van der Waals surface area contributed by atoms with Gasteiger partial charge in [0, 0.05) is 10.4 Å². The normalized spacial score (nSPS) is 15.6. The zero-order chi connectivity index (χ0) is 23.4. The van der Waals surface area contributed by atoms with Gasteiger partial charge >= 0.3 is 18.0 Å². The second-order valence-electron chi connectivity index (χ2n) is 7.03. The number of hydrogen-bond donors (Lipinski definition) is 2. The maximum atomic E-state index is 12.7. The van der Waals surface area contributed by atoms with Crippen LogP contribution in [0.4, 0.5) is 4.79 Å². The average molecular weight is 468 g/mol. The molecule has 3 heterocycles. The predicted octanol–water partition coefficient (Wildman–Crippen LogP) is 3.74. The highest BCUT2D eigenvalue weighted by molar-refractivity contribution is 7.10. The molecule has 0 saturated carbocycles. The molecule has 1 aromatic carbocycles. The third-order valence-corrected chi connectivity index (χ3v) is 5.77. The van der Waals surface area contributed by atoms with Gasteiger partial charge in [-0.15, -0.1) is 11.3 Å². The van der Waals surface area contributed by atoms with Crippen LogP contribution in [-0.2, 0) is 14.3 Å². The first-order valence-electron chi connectivity index (χ1n) is 10.2. The molecule has 3 aromatic rings. The van der Waals surface area contributed by atoms with E-state index in [1.807, 2.05) is 41.8 Å². The minimum absolute atomic E-state index is 0.0159. The van der Waals surface area contributed by atoms with E-state index in [2.05, 4.69) is 15.6 Å². The van der Waals surface area contributed by atoms with Gasteiger partial charge in [0.15, 0.2) is 5.69 Å². The first kappa shape index (κ1) is 22.3. The highest BCUT2D eigenvalue weighted by Crippen LogP contribution is 2.31. The van der Waals surface area contributed by atoms with E-state index >= 15 is 0 Å². The van der Waals surface area contributed by atoms with Crippen LogP contribution in [0.15, 0.2) is 63.5 Å². The molecule has 0 bridgehead atoms. The van der Waals surface area contributed by atoms with Crippen molar-refractivity contribution >= 4 is 29.3 Å². The van der Waals surface area contributed by atoms with Crippen molar-refractivity contribution in [1.29, 1.82) is 0 Å². The molecule has 0 unspecified atom stereocenters. The van der Waals surface area contributed by atoms with E-state index in [0.29, 0.717) is 11.7 Å². The quantitative estimate of drug-likeness (QED) is 0.508. The van der Waals surface area contributed by atoms with Gasteiger partial charge in [-0.2, -0.15) is 0 Å². The van der Waals surface area contributed by atoms with Crippen LogP contribution in [0.25, 0.3) is 11.5 Å². The molecule has 10 heteroatoms. The summed E-state index contributed by atoms with van der Waals surface area (Å²) in [5.74, 6) is -0.767. The molecule has 9 nitrogen and oxygen atoms in total. The van der Waals surface area contributed by atoms with E-state index in [1.54, 1.807) is 19.9 Å². The fourth-order valence-electron chi connectivity index (χ4n) is 3.35. The molecule has 0 radical (unpaired) electrons. The number of oxazole rings is 1. The fourth-order valence-corrected chi connectivity index (χ4v) is 4.13. The number of aryl methyl sites for hydroxylation is 1. The molecule has 1 aliphatic heterocycles. The number of urea groups is 1. The first-order valence-corrected chi connectivity index (χ1v) is 11.1. The van der Waals surface area contributed by atoms with Crippen LogP contribution in [-0.4, -0.2) is 36.2 Å². The van der Waals surface area contributed by atoms with Crippen LogP contribution in [0.2, 0.25) is 0 Å². The van der Waals surface area contributed by atoms with Crippen molar-refractivity contribution in [3.8, 4) is 11.5 Å². The zero-order valence-corrected chi connectivity index (χ0v) is 18.7. The van der Waals surface area contributed by atoms with E-state index < -0.39 is 24.0 Å². The summed E-state index contributed by atoms with van der Waals surface area (Å²) >= 11 is 1.38.